The molecule has 0 radical (unpaired) electrons. The van der Waals surface area contributed by atoms with Crippen LogP contribution in [-0.2, 0) is 6.54 Å². The van der Waals surface area contributed by atoms with Crippen LogP contribution in [0.2, 0.25) is 0 Å². The van der Waals surface area contributed by atoms with Gasteiger partial charge < -0.3 is 24.3 Å². The number of ether oxygens (including phenoxy) is 2. The van der Waals surface area contributed by atoms with Gasteiger partial charge in [0.25, 0.3) is 0 Å². The Morgan fingerprint density at radius 2 is 2.04 bits per heavy atom. The fourth-order valence-corrected chi connectivity index (χ4v) is 3.60. The van der Waals surface area contributed by atoms with Crippen molar-refractivity contribution in [2.24, 2.45) is 0 Å². The van der Waals surface area contributed by atoms with Crippen molar-refractivity contribution >= 4 is 0 Å². The van der Waals surface area contributed by atoms with E-state index in [4.69, 9.17) is 20.0 Å². The maximum absolute atomic E-state index is 9.90. The fraction of sp³-hybridized carbons (Fsp3) is 0.238. The molecule has 0 unspecified atom stereocenters. The number of nitrogens with zero attached hydrogens (tertiary/aromatic N) is 2. The topological polar surface area (TPSA) is 101 Å². The fourth-order valence-electron chi connectivity index (χ4n) is 3.60. The standard InChI is InChI=1S/C21H21N3O4/c1-27-16-6-3-2-5-14(16)18-15-8-7-13(26)11-17(15)28-21-19(18)20(22)24(12-23-21)9-4-10-25/h2-3,5-8,11-12,18,22,25-26H,4,9-10H2,1H3/t18-/m1/s1. The van der Waals surface area contributed by atoms with Crippen LogP contribution in [0.3, 0.4) is 0 Å². The zero-order chi connectivity index (χ0) is 19.7. The SMILES string of the molecule is COc1ccccc1[C@@H]1c2ccc(O)cc2Oc2ncn(CCCO)c(=N)c21. The summed E-state index contributed by atoms with van der Waals surface area (Å²) in [6.45, 7) is 0.523. The van der Waals surface area contributed by atoms with Crippen molar-refractivity contribution in [2.45, 2.75) is 18.9 Å². The van der Waals surface area contributed by atoms with Crippen molar-refractivity contribution in [3.05, 3.63) is 71.0 Å². The minimum atomic E-state index is -0.336. The summed E-state index contributed by atoms with van der Waals surface area (Å²) in [6, 6.07) is 12.6. The van der Waals surface area contributed by atoms with Crippen molar-refractivity contribution in [2.75, 3.05) is 13.7 Å². The average molecular weight is 379 g/mol. The Balaban J connectivity index is 1.97. The molecule has 0 saturated heterocycles. The molecule has 1 aliphatic rings. The van der Waals surface area contributed by atoms with Crippen LogP contribution >= 0.6 is 0 Å². The number of para-hydroxylation sites is 1. The van der Waals surface area contributed by atoms with Crippen molar-refractivity contribution in [3.8, 4) is 23.1 Å². The predicted octanol–water partition coefficient (Wildman–Crippen LogP) is 2.75. The van der Waals surface area contributed by atoms with Crippen molar-refractivity contribution in [1.82, 2.24) is 9.55 Å². The Morgan fingerprint density at radius 1 is 1.21 bits per heavy atom. The van der Waals surface area contributed by atoms with E-state index in [0.717, 1.165) is 11.1 Å². The second-order valence-electron chi connectivity index (χ2n) is 6.58. The molecule has 3 N–H and O–H groups in total. The molecule has 2 aromatic carbocycles. The smallest absolute Gasteiger partial charge is 0.228 e. The van der Waals surface area contributed by atoms with Crippen LogP contribution in [0, 0.1) is 5.41 Å². The molecule has 0 aliphatic carbocycles. The van der Waals surface area contributed by atoms with Crippen LogP contribution in [0.15, 0.2) is 48.8 Å². The third kappa shape index (κ3) is 2.99. The predicted molar refractivity (Wildman–Crippen MR) is 102 cm³/mol. The third-order valence-electron chi connectivity index (χ3n) is 4.90. The van der Waals surface area contributed by atoms with E-state index in [2.05, 4.69) is 4.98 Å². The third-order valence-corrected chi connectivity index (χ3v) is 4.90. The molecule has 1 aliphatic heterocycles. The summed E-state index contributed by atoms with van der Waals surface area (Å²) in [4.78, 5) is 4.41. The number of methoxy groups -OCH3 is 1. The molecule has 7 nitrogen and oxygen atoms in total. The summed E-state index contributed by atoms with van der Waals surface area (Å²) in [5, 5.41) is 27.8. The zero-order valence-corrected chi connectivity index (χ0v) is 15.4. The van der Waals surface area contributed by atoms with Crippen LogP contribution in [0.5, 0.6) is 23.1 Å². The highest BCUT2D eigenvalue weighted by atomic mass is 16.5. The van der Waals surface area contributed by atoms with Crippen LogP contribution in [0.1, 0.15) is 29.0 Å². The van der Waals surface area contributed by atoms with Gasteiger partial charge in [-0.25, -0.2) is 4.98 Å². The Kier molecular flexibility index (Phi) is 4.75. The van der Waals surface area contributed by atoms with Crippen LogP contribution in [0.25, 0.3) is 0 Å². The molecule has 1 aromatic heterocycles. The minimum absolute atomic E-state index is 0.0398. The quantitative estimate of drug-likeness (QED) is 0.495. The second-order valence-corrected chi connectivity index (χ2v) is 6.58. The highest BCUT2D eigenvalue weighted by Gasteiger charge is 2.33. The number of aliphatic hydroxyl groups is 1. The maximum Gasteiger partial charge on any atom is 0.228 e. The number of aromatic hydroxyl groups is 1. The van der Waals surface area contributed by atoms with E-state index in [1.807, 2.05) is 24.3 Å². The molecule has 3 aromatic rings. The normalized spacial score (nSPS) is 14.7. The molecule has 2 heterocycles. The van der Waals surface area contributed by atoms with Gasteiger partial charge in [-0.15, -0.1) is 0 Å². The van der Waals surface area contributed by atoms with E-state index in [1.54, 1.807) is 36.2 Å². The Bertz CT molecular complexity index is 1080. The van der Waals surface area contributed by atoms with Crippen molar-refractivity contribution < 1.29 is 19.7 Å². The van der Waals surface area contributed by atoms with Crippen molar-refractivity contribution in [1.29, 1.82) is 5.41 Å². The number of nitrogens with one attached hydrogen (secondary N) is 1. The first-order valence-corrected chi connectivity index (χ1v) is 9.02. The summed E-state index contributed by atoms with van der Waals surface area (Å²) in [6.07, 6.45) is 2.07. The number of aliphatic hydroxyl groups excluding tert-OH is 1. The van der Waals surface area contributed by atoms with Gasteiger partial charge >= 0.3 is 0 Å². The lowest BCUT2D eigenvalue weighted by Crippen LogP contribution is -2.30. The van der Waals surface area contributed by atoms with E-state index in [9.17, 15) is 5.11 Å². The molecule has 28 heavy (non-hydrogen) atoms. The number of rotatable bonds is 5. The average Bonchev–Trinajstić information content (AvgIpc) is 2.71. The van der Waals surface area contributed by atoms with E-state index < -0.39 is 0 Å². The largest absolute Gasteiger partial charge is 0.508 e. The maximum atomic E-state index is 9.90. The van der Waals surface area contributed by atoms with Gasteiger partial charge in [0.1, 0.15) is 29.1 Å². The number of aromatic nitrogens is 2. The Hall–Kier alpha value is -3.32. The minimum Gasteiger partial charge on any atom is -0.508 e. The lowest BCUT2D eigenvalue weighted by Gasteiger charge is -2.29. The molecule has 0 bridgehead atoms. The lowest BCUT2D eigenvalue weighted by molar-refractivity contribution is 0.278. The van der Waals surface area contributed by atoms with E-state index in [1.165, 1.54) is 0 Å². The van der Waals surface area contributed by atoms with Crippen LogP contribution in [-0.4, -0.2) is 33.5 Å². The van der Waals surface area contributed by atoms with E-state index in [0.29, 0.717) is 35.9 Å². The van der Waals surface area contributed by atoms with Crippen molar-refractivity contribution in [3.63, 3.8) is 0 Å². The number of phenols is 1. The lowest BCUT2D eigenvalue weighted by atomic mass is 9.83. The number of hydrogen-bond acceptors (Lipinski definition) is 6. The Morgan fingerprint density at radius 3 is 2.82 bits per heavy atom. The summed E-state index contributed by atoms with van der Waals surface area (Å²) in [5.41, 5.74) is 2.61. The number of benzene rings is 2. The Labute approximate surface area is 162 Å². The molecule has 0 saturated carbocycles. The van der Waals surface area contributed by atoms with Crippen LogP contribution < -0.4 is 15.0 Å². The van der Waals surface area contributed by atoms with Gasteiger partial charge in [0.05, 0.1) is 18.6 Å². The summed E-state index contributed by atoms with van der Waals surface area (Å²) in [7, 11) is 1.61. The van der Waals surface area contributed by atoms with Gasteiger partial charge in [0, 0.05) is 30.3 Å². The number of fused-ring (bicyclic) bond motifs is 2. The molecule has 0 amide bonds. The molecule has 7 heteroatoms. The molecule has 0 spiro atoms. The molecular weight excluding hydrogens is 358 g/mol. The number of aryl methyl sites for hydroxylation is 1. The summed E-state index contributed by atoms with van der Waals surface area (Å²) >= 11 is 0. The van der Waals surface area contributed by atoms with Gasteiger partial charge in [-0.1, -0.05) is 24.3 Å². The first-order valence-electron chi connectivity index (χ1n) is 9.02. The van der Waals surface area contributed by atoms with Gasteiger partial charge in [0.2, 0.25) is 5.88 Å². The molecule has 0 fully saturated rings. The summed E-state index contributed by atoms with van der Waals surface area (Å²) in [5.74, 6) is 1.30. The molecule has 1 atom stereocenters. The van der Waals surface area contributed by atoms with Crippen LogP contribution in [0.4, 0.5) is 0 Å². The van der Waals surface area contributed by atoms with Gasteiger partial charge in [-0.3, -0.25) is 5.41 Å². The first kappa shape index (κ1) is 18.1. The number of phenolic OH excluding ortho intramolecular Hbond substituents is 1. The van der Waals surface area contributed by atoms with Gasteiger partial charge in [-0.2, -0.15) is 0 Å². The van der Waals surface area contributed by atoms with E-state index in [-0.39, 0.29) is 23.8 Å². The summed E-state index contributed by atoms with van der Waals surface area (Å²) < 4.78 is 13.2. The number of hydrogen-bond donors (Lipinski definition) is 3. The second kappa shape index (κ2) is 7.36. The monoisotopic (exact) mass is 379 g/mol. The molecular formula is C21H21N3O4. The molecule has 144 valence electrons. The zero-order valence-electron chi connectivity index (χ0n) is 15.4. The van der Waals surface area contributed by atoms with Gasteiger partial charge in [-0.05, 0) is 18.6 Å². The van der Waals surface area contributed by atoms with E-state index >= 15 is 0 Å². The van der Waals surface area contributed by atoms with Gasteiger partial charge in [0.15, 0.2) is 0 Å². The highest BCUT2D eigenvalue weighted by Crippen LogP contribution is 2.47. The highest BCUT2D eigenvalue weighted by molar-refractivity contribution is 5.59. The molecule has 4 rings (SSSR count). The first-order chi connectivity index (χ1) is 13.6.